The molecule has 1 saturated heterocycles. The normalized spacial score (nSPS) is 15.2. The van der Waals surface area contributed by atoms with Gasteiger partial charge in [-0.05, 0) is 50.0 Å². The molecule has 2 aromatic rings. The molecule has 1 heterocycles. The van der Waals surface area contributed by atoms with E-state index in [2.05, 4.69) is 4.90 Å². The fourth-order valence-corrected chi connectivity index (χ4v) is 3.98. The number of benzene rings is 2. The number of amides is 1. The van der Waals surface area contributed by atoms with Crippen molar-refractivity contribution in [2.75, 3.05) is 47.0 Å². The van der Waals surface area contributed by atoms with Crippen molar-refractivity contribution in [3.63, 3.8) is 0 Å². The third-order valence-corrected chi connectivity index (χ3v) is 5.73. The van der Waals surface area contributed by atoms with Gasteiger partial charge in [0.05, 0.1) is 19.3 Å². The summed E-state index contributed by atoms with van der Waals surface area (Å²) < 4.78 is 24.5. The number of hydrogen-bond donors (Lipinski definition) is 0. The standard InChI is InChI=1S/C24H31FN2O3/c1-29-16-15-27(24(28)21-8-4-6-10-23(21)30-2)17-19-11-13-26(14-12-19)18-20-7-3-5-9-22(20)25/h3-10,19H,11-18H2,1-2H3. The molecule has 0 N–H and O–H groups in total. The zero-order valence-corrected chi connectivity index (χ0v) is 17.9. The molecule has 162 valence electrons. The summed E-state index contributed by atoms with van der Waals surface area (Å²) in [5, 5.41) is 0. The molecule has 0 unspecified atom stereocenters. The molecular formula is C24H31FN2O3. The number of likely N-dealkylation sites (tertiary alicyclic amines) is 1. The summed E-state index contributed by atoms with van der Waals surface area (Å²) in [5.74, 6) is 0.827. The Hall–Kier alpha value is -2.44. The summed E-state index contributed by atoms with van der Waals surface area (Å²) in [6.45, 7) is 4.16. The third-order valence-electron chi connectivity index (χ3n) is 5.73. The third kappa shape index (κ3) is 5.80. The zero-order chi connectivity index (χ0) is 21.3. The van der Waals surface area contributed by atoms with Crippen LogP contribution in [0.15, 0.2) is 48.5 Å². The summed E-state index contributed by atoms with van der Waals surface area (Å²) in [7, 11) is 3.23. The van der Waals surface area contributed by atoms with Crippen molar-refractivity contribution in [3.05, 3.63) is 65.5 Å². The molecule has 0 atom stereocenters. The molecular weight excluding hydrogens is 383 g/mol. The first-order valence-electron chi connectivity index (χ1n) is 10.5. The number of carbonyl (C=O) groups excluding carboxylic acids is 1. The van der Waals surface area contributed by atoms with Crippen LogP contribution in [0.5, 0.6) is 5.75 Å². The maximum atomic E-state index is 13.9. The molecule has 1 fully saturated rings. The minimum absolute atomic E-state index is 0.0294. The lowest BCUT2D eigenvalue weighted by Crippen LogP contribution is -2.42. The van der Waals surface area contributed by atoms with Crippen LogP contribution in [0.3, 0.4) is 0 Å². The average molecular weight is 415 g/mol. The van der Waals surface area contributed by atoms with Gasteiger partial charge in [-0.3, -0.25) is 9.69 Å². The average Bonchev–Trinajstić information content (AvgIpc) is 2.78. The summed E-state index contributed by atoms with van der Waals surface area (Å²) in [5.41, 5.74) is 1.32. The molecule has 30 heavy (non-hydrogen) atoms. The molecule has 1 amide bonds. The van der Waals surface area contributed by atoms with Gasteiger partial charge in [0.25, 0.3) is 5.91 Å². The summed E-state index contributed by atoms with van der Waals surface area (Å²) in [4.78, 5) is 17.3. The summed E-state index contributed by atoms with van der Waals surface area (Å²) in [6, 6.07) is 14.3. The first kappa shape index (κ1) is 22.2. The zero-order valence-electron chi connectivity index (χ0n) is 17.9. The van der Waals surface area contributed by atoms with E-state index in [1.54, 1.807) is 26.4 Å². The molecule has 0 spiro atoms. The number of nitrogens with zero attached hydrogens (tertiary/aromatic N) is 2. The second kappa shape index (κ2) is 11.1. The number of ether oxygens (including phenoxy) is 2. The SMILES string of the molecule is COCCN(CC1CCN(Cc2ccccc2F)CC1)C(=O)c1ccccc1OC. The quantitative estimate of drug-likeness (QED) is 0.625. The van der Waals surface area contributed by atoms with Gasteiger partial charge >= 0.3 is 0 Å². The molecule has 2 aromatic carbocycles. The predicted molar refractivity (Wildman–Crippen MR) is 115 cm³/mol. The molecule has 1 aliphatic heterocycles. The van der Waals surface area contributed by atoms with E-state index in [1.807, 2.05) is 35.2 Å². The van der Waals surface area contributed by atoms with Crippen molar-refractivity contribution in [3.8, 4) is 5.75 Å². The van der Waals surface area contributed by atoms with Gasteiger partial charge in [0.15, 0.2) is 0 Å². The Balaban J connectivity index is 1.59. The number of methoxy groups -OCH3 is 2. The highest BCUT2D eigenvalue weighted by Gasteiger charge is 2.26. The van der Waals surface area contributed by atoms with Gasteiger partial charge in [-0.15, -0.1) is 0 Å². The van der Waals surface area contributed by atoms with Crippen LogP contribution in [0.25, 0.3) is 0 Å². The van der Waals surface area contributed by atoms with Crippen LogP contribution in [0.2, 0.25) is 0 Å². The second-order valence-electron chi connectivity index (χ2n) is 7.76. The van der Waals surface area contributed by atoms with Crippen molar-refractivity contribution in [2.24, 2.45) is 5.92 Å². The van der Waals surface area contributed by atoms with Crippen LogP contribution >= 0.6 is 0 Å². The van der Waals surface area contributed by atoms with Crippen molar-refractivity contribution < 1.29 is 18.7 Å². The second-order valence-corrected chi connectivity index (χ2v) is 7.76. The van der Waals surface area contributed by atoms with Crippen LogP contribution in [0, 0.1) is 11.7 Å². The molecule has 6 heteroatoms. The number of para-hydroxylation sites is 1. The molecule has 0 aromatic heterocycles. The van der Waals surface area contributed by atoms with Gasteiger partial charge in [-0.2, -0.15) is 0 Å². The fourth-order valence-electron chi connectivity index (χ4n) is 3.98. The number of halogens is 1. The molecule has 0 saturated carbocycles. The summed E-state index contributed by atoms with van der Waals surface area (Å²) >= 11 is 0. The molecule has 0 radical (unpaired) electrons. The van der Waals surface area contributed by atoms with Gasteiger partial charge in [-0.1, -0.05) is 30.3 Å². The van der Waals surface area contributed by atoms with Crippen LogP contribution in [0.4, 0.5) is 4.39 Å². The highest BCUT2D eigenvalue weighted by molar-refractivity contribution is 5.97. The van der Waals surface area contributed by atoms with Crippen molar-refractivity contribution >= 4 is 5.91 Å². The lowest BCUT2D eigenvalue weighted by atomic mass is 9.95. The Labute approximate surface area is 178 Å². The molecule has 5 nitrogen and oxygen atoms in total. The minimum Gasteiger partial charge on any atom is -0.496 e. The largest absolute Gasteiger partial charge is 0.496 e. The Morgan fingerprint density at radius 1 is 1.10 bits per heavy atom. The Morgan fingerprint density at radius 2 is 1.80 bits per heavy atom. The van der Waals surface area contributed by atoms with Gasteiger partial charge < -0.3 is 14.4 Å². The van der Waals surface area contributed by atoms with E-state index in [-0.39, 0.29) is 11.7 Å². The van der Waals surface area contributed by atoms with Gasteiger partial charge in [0, 0.05) is 32.3 Å². The van der Waals surface area contributed by atoms with Crippen LogP contribution in [0.1, 0.15) is 28.8 Å². The topological polar surface area (TPSA) is 42.0 Å². The van der Waals surface area contributed by atoms with Gasteiger partial charge in [0.1, 0.15) is 11.6 Å². The maximum absolute atomic E-state index is 13.9. The Morgan fingerprint density at radius 3 is 2.50 bits per heavy atom. The minimum atomic E-state index is -0.146. The van der Waals surface area contributed by atoms with E-state index in [9.17, 15) is 9.18 Å². The lowest BCUT2D eigenvalue weighted by molar-refractivity contribution is 0.0614. The highest BCUT2D eigenvalue weighted by atomic mass is 19.1. The maximum Gasteiger partial charge on any atom is 0.257 e. The van der Waals surface area contributed by atoms with Crippen molar-refractivity contribution in [1.82, 2.24) is 9.80 Å². The van der Waals surface area contributed by atoms with Gasteiger partial charge in [-0.25, -0.2) is 4.39 Å². The molecule has 1 aliphatic rings. The van der Waals surface area contributed by atoms with Crippen molar-refractivity contribution in [1.29, 1.82) is 0 Å². The monoisotopic (exact) mass is 414 g/mol. The van der Waals surface area contributed by atoms with Crippen LogP contribution in [-0.2, 0) is 11.3 Å². The van der Waals surface area contributed by atoms with Crippen molar-refractivity contribution in [2.45, 2.75) is 19.4 Å². The highest BCUT2D eigenvalue weighted by Crippen LogP contribution is 2.24. The Bertz CT molecular complexity index is 822. The van der Waals surface area contributed by atoms with E-state index in [4.69, 9.17) is 9.47 Å². The predicted octanol–water partition coefficient (Wildman–Crippen LogP) is 3.84. The van der Waals surface area contributed by atoms with E-state index in [1.165, 1.54) is 6.07 Å². The number of rotatable bonds is 9. The number of hydrogen-bond acceptors (Lipinski definition) is 4. The lowest BCUT2D eigenvalue weighted by Gasteiger charge is -2.35. The van der Waals surface area contributed by atoms with E-state index in [0.29, 0.717) is 43.5 Å². The van der Waals surface area contributed by atoms with Crippen LogP contribution in [-0.4, -0.2) is 62.7 Å². The molecule has 0 aliphatic carbocycles. The summed E-state index contributed by atoms with van der Waals surface area (Å²) in [6.07, 6.45) is 1.97. The molecule has 0 bridgehead atoms. The fraction of sp³-hybridized carbons (Fsp3) is 0.458. The first-order valence-corrected chi connectivity index (χ1v) is 10.5. The number of piperidine rings is 1. The Kier molecular flexibility index (Phi) is 8.22. The smallest absolute Gasteiger partial charge is 0.257 e. The van der Waals surface area contributed by atoms with E-state index < -0.39 is 0 Å². The first-order chi connectivity index (χ1) is 14.6. The van der Waals surface area contributed by atoms with E-state index >= 15 is 0 Å². The van der Waals surface area contributed by atoms with Gasteiger partial charge in [0.2, 0.25) is 0 Å². The van der Waals surface area contributed by atoms with Crippen LogP contribution < -0.4 is 4.74 Å². The van der Waals surface area contributed by atoms with E-state index in [0.717, 1.165) is 31.5 Å². The number of carbonyl (C=O) groups is 1. The molecule has 3 rings (SSSR count).